The van der Waals surface area contributed by atoms with Gasteiger partial charge >= 0.3 is 0 Å². The van der Waals surface area contributed by atoms with Crippen LogP contribution in [0.4, 0.5) is 0 Å². The summed E-state index contributed by atoms with van der Waals surface area (Å²) in [6, 6.07) is 99.0. The van der Waals surface area contributed by atoms with E-state index in [0.29, 0.717) is 0 Å². The SMILES string of the molecule is c1cc(-c2cc3ccccc3cc2-c2ccc(-c3c4ccccc4c(-c4cccc5ccccc45)c4ccccc34)cc2)cc(-c2c3ccccc3c(-c3cccc4ccccc34)c3ccccc23)c1. The molecule has 0 fully saturated rings. The quantitative estimate of drug-likeness (QED) is 0.146. The van der Waals surface area contributed by atoms with Crippen molar-refractivity contribution < 1.29 is 0 Å². The van der Waals surface area contributed by atoms with Crippen LogP contribution in [0.25, 0.3) is 142 Å². The van der Waals surface area contributed by atoms with Crippen molar-refractivity contribution in [2.24, 2.45) is 0 Å². The van der Waals surface area contributed by atoms with Gasteiger partial charge in [0, 0.05) is 0 Å². The van der Waals surface area contributed by atoms with Crippen LogP contribution in [0, 0.1) is 0 Å². The normalized spacial score (nSPS) is 11.7. The number of rotatable bonds is 6. The smallest absolute Gasteiger partial charge is 0.00201 e. The van der Waals surface area contributed by atoms with Crippen molar-refractivity contribution in [3.63, 3.8) is 0 Å². The minimum Gasteiger partial charge on any atom is -0.0616 e. The number of hydrogen-bond acceptors (Lipinski definition) is 0. The van der Waals surface area contributed by atoms with Gasteiger partial charge in [-0.25, -0.2) is 0 Å². The molecule has 0 radical (unpaired) electrons. The van der Waals surface area contributed by atoms with Crippen molar-refractivity contribution in [2.45, 2.75) is 0 Å². The molecule has 0 N–H and O–H groups in total. The summed E-state index contributed by atoms with van der Waals surface area (Å²) in [5.41, 5.74) is 14.8. The molecule has 14 aromatic carbocycles. The predicted octanol–water partition coefficient (Wildman–Crippen LogP) is 19.8. The summed E-state index contributed by atoms with van der Waals surface area (Å²) < 4.78 is 0. The summed E-state index contributed by atoms with van der Waals surface area (Å²) in [4.78, 5) is 0. The Morgan fingerprint density at radius 3 is 0.886 bits per heavy atom. The molecule has 0 saturated heterocycles. The fourth-order valence-corrected chi connectivity index (χ4v) is 11.7. The Labute approximate surface area is 407 Å². The predicted molar refractivity (Wildman–Crippen MR) is 302 cm³/mol. The lowest BCUT2D eigenvalue weighted by molar-refractivity contribution is 1.59. The molecule has 14 rings (SSSR count). The first-order valence-electron chi connectivity index (χ1n) is 24.3. The van der Waals surface area contributed by atoms with Crippen molar-refractivity contribution in [1.29, 1.82) is 0 Å². The Morgan fingerprint density at radius 2 is 0.443 bits per heavy atom. The highest BCUT2D eigenvalue weighted by Crippen LogP contribution is 2.48. The second-order valence-electron chi connectivity index (χ2n) is 18.6. The molecule has 0 heterocycles. The molecule has 0 spiro atoms. The zero-order chi connectivity index (χ0) is 46.1. The maximum absolute atomic E-state index is 2.42. The zero-order valence-electron chi connectivity index (χ0n) is 38.4. The van der Waals surface area contributed by atoms with Gasteiger partial charge < -0.3 is 0 Å². The topological polar surface area (TPSA) is 0 Å². The van der Waals surface area contributed by atoms with E-state index in [1.54, 1.807) is 0 Å². The first-order chi connectivity index (χ1) is 34.7. The van der Waals surface area contributed by atoms with Gasteiger partial charge in [0.1, 0.15) is 0 Å². The molecule has 0 aliphatic carbocycles. The maximum Gasteiger partial charge on any atom is -0.00201 e. The van der Waals surface area contributed by atoms with Gasteiger partial charge in [0.15, 0.2) is 0 Å². The third-order valence-electron chi connectivity index (χ3n) is 14.8. The Hall–Kier alpha value is -9.10. The van der Waals surface area contributed by atoms with E-state index in [0.717, 1.165) is 0 Å². The molecule has 14 aromatic rings. The number of fused-ring (bicyclic) bond motifs is 7. The fraction of sp³-hybridized carbons (Fsp3) is 0. The molecule has 0 atom stereocenters. The van der Waals surface area contributed by atoms with Crippen LogP contribution in [0.1, 0.15) is 0 Å². The molecule has 0 aliphatic rings. The summed E-state index contributed by atoms with van der Waals surface area (Å²) in [5.74, 6) is 0. The van der Waals surface area contributed by atoms with Crippen molar-refractivity contribution >= 4 is 75.4 Å². The molecule has 70 heavy (non-hydrogen) atoms. The second kappa shape index (κ2) is 16.3. The Bertz CT molecular complexity index is 4280. The molecule has 0 saturated carbocycles. The van der Waals surface area contributed by atoms with Crippen LogP contribution in [-0.4, -0.2) is 0 Å². The van der Waals surface area contributed by atoms with Gasteiger partial charge in [0.2, 0.25) is 0 Å². The van der Waals surface area contributed by atoms with Crippen molar-refractivity contribution in [1.82, 2.24) is 0 Å². The first-order valence-corrected chi connectivity index (χ1v) is 24.3. The van der Waals surface area contributed by atoms with E-state index in [9.17, 15) is 0 Å². The van der Waals surface area contributed by atoms with Gasteiger partial charge in [-0.05, 0) is 160 Å². The maximum atomic E-state index is 2.42. The summed E-state index contributed by atoms with van der Waals surface area (Å²) in [7, 11) is 0. The van der Waals surface area contributed by atoms with Gasteiger partial charge in [0.05, 0.1) is 0 Å². The van der Waals surface area contributed by atoms with E-state index in [-0.39, 0.29) is 0 Å². The van der Waals surface area contributed by atoms with Gasteiger partial charge in [-0.2, -0.15) is 0 Å². The van der Waals surface area contributed by atoms with Crippen LogP contribution in [-0.2, 0) is 0 Å². The fourth-order valence-electron chi connectivity index (χ4n) is 11.7. The Morgan fingerprint density at radius 1 is 0.143 bits per heavy atom. The van der Waals surface area contributed by atoms with Crippen LogP contribution < -0.4 is 0 Å². The highest BCUT2D eigenvalue weighted by atomic mass is 14.2. The van der Waals surface area contributed by atoms with Gasteiger partial charge in [-0.1, -0.05) is 249 Å². The molecule has 0 bridgehead atoms. The third kappa shape index (κ3) is 6.38. The molecule has 0 heteroatoms. The lowest BCUT2D eigenvalue weighted by Gasteiger charge is -2.20. The number of benzene rings is 14. The van der Waals surface area contributed by atoms with Crippen LogP contribution >= 0.6 is 0 Å². The molecular formula is C70H44. The summed E-state index contributed by atoms with van der Waals surface area (Å²) >= 11 is 0. The number of hydrogen-bond donors (Lipinski definition) is 0. The van der Waals surface area contributed by atoms with Gasteiger partial charge in [0.25, 0.3) is 0 Å². The zero-order valence-corrected chi connectivity index (χ0v) is 38.4. The summed E-state index contributed by atoms with van der Waals surface area (Å²) in [5, 5.41) is 17.5. The van der Waals surface area contributed by atoms with E-state index >= 15 is 0 Å². The van der Waals surface area contributed by atoms with E-state index in [4.69, 9.17) is 0 Å². The van der Waals surface area contributed by atoms with Crippen LogP contribution in [0.15, 0.2) is 267 Å². The van der Waals surface area contributed by atoms with Gasteiger partial charge in [-0.3, -0.25) is 0 Å². The van der Waals surface area contributed by atoms with Gasteiger partial charge in [-0.15, -0.1) is 0 Å². The minimum atomic E-state index is 1.19. The third-order valence-corrected chi connectivity index (χ3v) is 14.8. The van der Waals surface area contributed by atoms with E-state index in [2.05, 4.69) is 267 Å². The first kappa shape index (κ1) is 40.0. The van der Waals surface area contributed by atoms with E-state index < -0.39 is 0 Å². The average molecular weight is 885 g/mol. The minimum absolute atomic E-state index is 1.19. The monoisotopic (exact) mass is 884 g/mol. The molecule has 0 aromatic heterocycles. The second-order valence-corrected chi connectivity index (χ2v) is 18.6. The highest BCUT2D eigenvalue weighted by molar-refractivity contribution is 6.25. The van der Waals surface area contributed by atoms with Crippen molar-refractivity contribution in [2.75, 3.05) is 0 Å². The molecular weight excluding hydrogens is 841 g/mol. The van der Waals surface area contributed by atoms with E-state index in [1.165, 1.54) is 142 Å². The lowest BCUT2D eigenvalue weighted by Crippen LogP contribution is -1.93. The van der Waals surface area contributed by atoms with Crippen molar-refractivity contribution in [3.8, 4) is 66.8 Å². The highest BCUT2D eigenvalue weighted by Gasteiger charge is 2.21. The summed E-state index contributed by atoms with van der Waals surface area (Å²) in [6.45, 7) is 0. The average Bonchev–Trinajstić information content (AvgIpc) is 3.43. The summed E-state index contributed by atoms with van der Waals surface area (Å²) in [6.07, 6.45) is 0. The molecule has 324 valence electrons. The molecule has 0 unspecified atom stereocenters. The molecule has 0 aliphatic heterocycles. The standard InChI is InChI=1S/C70H44/c1-2-21-50-44-66(51-24-15-25-52(42-51)68-59-30-9-13-34-63(59)70(64-35-14-10-31-60(64)68)56-37-17-23-46-19-4-6-27-54(46)56)65(43-49(50)20-1)47-38-40-48(41-39-47)67-57-28-7-11-32-61(57)69(62-33-12-8-29-58(62)67)55-36-16-22-45-18-3-5-26-53(45)55/h1-44H. The Balaban J connectivity index is 0.934. The largest absolute Gasteiger partial charge is 0.0616 e. The van der Waals surface area contributed by atoms with Crippen LogP contribution in [0.2, 0.25) is 0 Å². The lowest BCUT2D eigenvalue weighted by atomic mass is 9.83. The van der Waals surface area contributed by atoms with Crippen LogP contribution in [0.3, 0.4) is 0 Å². The molecule has 0 nitrogen and oxygen atoms in total. The molecule has 0 amide bonds. The van der Waals surface area contributed by atoms with Crippen molar-refractivity contribution in [3.05, 3.63) is 267 Å². The Kier molecular flexibility index (Phi) is 9.32. The van der Waals surface area contributed by atoms with E-state index in [1.807, 2.05) is 0 Å². The van der Waals surface area contributed by atoms with Crippen LogP contribution in [0.5, 0.6) is 0 Å².